The average molecular weight is 277 g/mol. The molecule has 1 aromatic carbocycles. The number of rotatable bonds is 4. The molecule has 1 amide bonds. The summed E-state index contributed by atoms with van der Waals surface area (Å²) in [5, 5.41) is 12.5. The molecule has 110 valence electrons. The molecule has 1 heterocycles. The Morgan fingerprint density at radius 2 is 2.10 bits per heavy atom. The van der Waals surface area contributed by atoms with Crippen molar-refractivity contribution >= 4 is 17.3 Å². The van der Waals surface area contributed by atoms with Gasteiger partial charge in [-0.05, 0) is 31.4 Å². The predicted octanol–water partition coefficient (Wildman–Crippen LogP) is 1.32. The van der Waals surface area contributed by atoms with Crippen molar-refractivity contribution in [1.29, 1.82) is 0 Å². The summed E-state index contributed by atoms with van der Waals surface area (Å²) in [5.41, 5.74) is 7.54. The highest BCUT2D eigenvalue weighted by Gasteiger charge is 2.20. The summed E-state index contributed by atoms with van der Waals surface area (Å²) < 4.78 is 0. The van der Waals surface area contributed by atoms with Crippen LogP contribution >= 0.6 is 0 Å². The molecular formula is C15H23N3O2. The van der Waals surface area contributed by atoms with Gasteiger partial charge < -0.3 is 21.1 Å². The molecule has 0 saturated carbocycles. The Balaban J connectivity index is 2.12. The van der Waals surface area contributed by atoms with Crippen LogP contribution in [0.3, 0.4) is 0 Å². The molecule has 2 rings (SSSR count). The largest absolute Gasteiger partial charge is 0.393 e. The summed E-state index contributed by atoms with van der Waals surface area (Å²) in [6.45, 7) is 3.49. The number of nitrogens with zero attached hydrogens (tertiary/aromatic N) is 1. The lowest BCUT2D eigenvalue weighted by Crippen LogP contribution is -2.38. The van der Waals surface area contributed by atoms with Crippen LogP contribution < -0.4 is 16.0 Å². The highest BCUT2D eigenvalue weighted by atomic mass is 16.3. The summed E-state index contributed by atoms with van der Waals surface area (Å²) >= 11 is 0. The standard InChI is InChI=1S/C15H23N3O2/c1-2-12(16)15(20)17-13-5-3-4-6-14(13)18-9-7-11(19)8-10-18/h3-6,11-12,19H,2,7-10,16H2,1H3,(H,17,20)/t12-/m0/s1. The van der Waals surface area contributed by atoms with Crippen LogP contribution in [0.5, 0.6) is 0 Å². The average Bonchev–Trinajstić information content (AvgIpc) is 2.48. The number of carbonyl (C=O) groups excluding carboxylic acids is 1. The molecular weight excluding hydrogens is 254 g/mol. The minimum absolute atomic E-state index is 0.156. The highest BCUT2D eigenvalue weighted by molar-refractivity contribution is 5.97. The fourth-order valence-electron chi connectivity index (χ4n) is 2.37. The lowest BCUT2D eigenvalue weighted by Gasteiger charge is -2.33. The SMILES string of the molecule is CC[C@H](N)C(=O)Nc1ccccc1N1CCC(O)CC1. The maximum absolute atomic E-state index is 11.9. The van der Waals surface area contributed by atoms with E-state index in [9.17, 15) is 9.90 Å². The van der Waals surface area contributed by atoms with E-state index in [1.807, 2.05) is 31.2 Å². The van der Waals surface area contributed by atoms with Gasteiger partial charge in [-0.15, -0.1) is 0 Å². The van der Waals surface area contributed by atoms with Crippen molar-refractivity contribution in [3.05, 3.63) is 24.3 Å². The molecule has 1 aliphatic heterocycles. The number of nitrogens with two attached hydrogens (primary N) is 1. The summed E-state index contributed by atoms with van der Waals surface area (Å²) in [7, 11) is 0. The fraction of sp³-hybridized carbons (Fsp3) is 0.533. The first kappa shape index (κ1) is 14.8. The highest BCUT2D eigenvalue weighted by Crippen LogP contribution is 2.28. The number of benzene rings is 1. The van der Waals surface area contributed by atoms with Crippen molar-refractivity contribution in [3.63, 3.8) is 0 Å². The Kier molecular flexibility index (Phi) is 4.98. The molecule has 1 atom stereocenters. The summed E-state index contributed by atoms with van der Waals surface area (Å²) in [6.07, 6.45) is 1.93. The maximum Gasteiger partial charge on any atom is 0.241 e. The number of aliphatic hydroxyl groups excluding tert-OH is 1. The van der Waals surface area contributed by atoms with Crippen molar-refractivity contribution in [2.75, 3.05) is 23.3 Å². The van der Waals surface area contributed by atoms with Gasteiger partial charge in [0, 0.05) is 13.1 Å². The van der Waals surface area contributed by atoms with E-state index in [1.54, 1.807) is 0 Å². The molecule has 1 aromatic rings. The molecule has 5 heteroatoms. The molecule has 0 spiro atoms. The molecule has 20 heavy (non-hydrogen) atoms. The number of amides is 1. The number of aliphatic hydroxyl groups is 1. The topological polar surface area (TPSA) is 78.6 Å². The van der Waals surface area contributed by atoms with Crippen LogP contribution in [-0.4, -0.2) is 36.2 Å². The Labute approximate surface area is 119 Å². The molecule has 0 aliphatic carbocycles. The van der Waals surface area contributed by atoms with Gasteiger partial charge in [0.25, 0.3) is 0 Å². The van der Waals surface area contributed by atoms with Crippen LogP contribution in [0.1, 0.15) is 26.2 Å². The van der Waals surface area contributed by atoms with E-state index in [-0.39, 0.29) is 12.0 Å². The third-order valence-corrected chi connectivity index (χ3v) is 3.74. The molecule has 1 aliphatic rings. The minimum atomic E-state index is -0.480. The first-order chi connectivity index (χ1) is 9.61. The number of hydrogen-bond donors (Lipinski definition) is 3. The summed E-state index contributed by atoms with van der Waals surface area (Å²) in [4.78, 5) is 14.1. The van der Waals surface area contributed by atoms with Gasteiger partial charge in [-0.25, -0.2) is 0 Å². The zero-order valence-electron chi connectivity index (χ0n) is 11.9. The molecule has 0 bridgehead atoms. The Hall–Kier alpha value is -1.59. The van der Waals surface area contributed by atoms with Crippen molar-refractivity contribution < 1.29 is 9.90 Å². The van der Waals surface area contributed by atoms with E-state index >= 15 is 0 Å². The van der Waals surface area contributed by atoms with Crippen molar-refractivity contribution in [3.8, 4) is 0 Å². The number of piperidine rings is 1. The summed E-state index contributed by atoms with van der Waals surface area (Å²) in [5.74, 6) is -0.156. The molecule has 4 N–H and O–H groups in total. The van der Waals surface area contributed by atoms with Crippen LogP contribution in [0.25, 0.3) is 0 Å². The van der Waals surface area contributed by atoms with E-state index in [1.165, 1.54) is 0 Å². The van der Waals surface area contributed by atoms with Crippen molar-refractivity contribution in [2.24, 2.45) is 5.73 Å². The van der Waals surface area contributed by atoms with Crippen molar-refractivity contribution in [1.82, 2.24) is 0 Å². The van der Waals surface area contributed by atoms with Gasteiger partial charge in [-0.3, -0.25) is 4.79 Å². The second-order valence-corrected chi connectivity index (χ2v) is 5.24. The van der Waals surface area contributed by atoms with E-state index in [4.69, 9.17) is 5.73 Å². The van der Waals surface area contributed by atoms with Crippen LogP contribution in [-0.2, 0) is 4.79 Å². The normalized spacial score (nSPS) is 17.9. The zero-order chi connectivity index (χ0) is 14.5. The molecule has 1 saturated heterocycles. The number of carbonyl (C=O) groups is 1. The third-order valence-electron chi connectivity index (χ3n) is 3.74. The van der Waals surface area contributed by atoms with Gasteiger partial charge >= 0.3 is 0 Å². The minimum Gasteiger partial charge on any atom is -0.393 e. The van der Waals surface area contributed by atoms with E-state index in [0.717, 1.165) is 37.3 Å². The number of anilines is 2. The van der Waals surface area contributed by atoms with Gasteiger partial charge in [-0.2, -0.15) is 0 Å². The maximum atomic E-state index is 11.9. The van der Waals surface area contributed by atoms with Gasteiger partial charge in [-0.1, -0.05) is 19.1 Å². The molecule has 0 radical (unpaired) electrons. The summed E-state index contributed by atoms with van der Waals surface area (Å²) in [6, 6.07) is 7.25. The van der Waals surface area contributed by atoms with Crippen LogP contribution in [0.2, 0.25) is 0 Å². The zero-order valence-corrected chi connectivity index (χ0v) is 11.9. The van der Waals surface area contributed by atoms with Gasteiger partial charge in [0.2, 0.25) is 5.91 Å². The molecule has 0 aromatic heterocycles. The van der Waals surface area contributed by atoms with Crippen LogP contribution in [0.15, 0.2) is 24.3 Å². The first-order valence-corrected chi connectivity index (χ1v) is 7.20. The smallest absolute Gasteiger partial charge is 0.241 e. The first-order valence-electron chi connectivity index (χ1n) is 7.20. The lowest BCUT2D eigenvalue weighted by atomic mass is 10.1. The number of para-hydroxylation sites is 2. The monoisotopic (exact) mass is 277 g/mol. The Morgan fingerprint density at radius 1 is 1.45 bits per heavy atom. The second kappa shape index (κ2) is 6.72. The van der Waals surface area contributed by atoms with Gasteiger partial charge in [0.15, 0.2) is 0 Å². The van der Waals surface area contributed by atoms with Crippen LogP contribution in [0.4, 0.5) is 11.4 Å². The van der Waals surface area contributed by atoms with E-state index < -0.39 is 6.04 Å². The lowest BCUT2D eigenvalue weighted by molar-refractivity contribution is -0.117. The van der Waals surface area contributed by atoms with Gasteiger partial charge in [0.05, 0.1) is 23.5 Å². The Morgan fingerprint density at radius 3 is 2.75 bits per heavy atom. The fourth-order valence-corrected chi connectivity index (χ4v) is 2.37. The number of nitrogens with one attached hydrogen (secondary N) is 1. The number of hydrogen-bond acceptors (Lipinski definition) is 4. The molecule has 5 nitrogen and oxygen atoms in total. The quantitative estimate of drug-likeness (QED) is 0.775. The van der Waals surface area contributed by atoms with E-state index in [0.29, 0.717) is 6.42 Å². The Bertz CT molecular complexity index is 456. The van der Waals surface area contributed by atoms with Gasteiger partial charge in [0.1, 0.15) is 0 Å². The van der Waals surface area contributed by atoms with Crippen LogP contribution in [0, 0.1) is 0 Å². The molecule has 1 fully saturated rings. The third kappa shape index (κ3) is 3.49. The molecule has 0 unspecified atom stereocenters. The predicted molar refractivity (Wildman–Crippen MR) is 80.8 cm³/mol. The van der Waals surface area contributed by atoms with E-state index in [2.05, 4.69) is 10.2 Å². The second-order valence-electron chi connectivity index (χ2n) is 5.24. The van der Waals surface area contributed by atoms with Crippen molar-refractivity contribution in [2.45, 2.75) is 38.3 Å².